The summed E-state index contributed by atoms with van der Waals surface area (Å²) >= 11 is 1.42. The van der Waals surface area contributed by atoms with Crippen molar-refractivity contribution in [2.75, 3.05) is 11.9 Å². The number of hydrogen-bond donors (Lipinski definition) is 1. The van der Waals surface area contributed by atoms with Gasteiger partial charge in [0.2, 0.25) is 5.16 Å². The minimum Gasteiger partial charge on any atom is -0.450 e. The van der Waals surface area contributed by atoms with E-state index in [0.29, 0.717) is 22.2 Å². The molecule has 10 heteroatoms. The maximum absolute atomic E-state index is 12.1. The van der Waals surface area contributed by atoms with Gasteiger partial charge in [-0.3, -0.25) is 5.32 Å². The van der Waals surface area contributed by atoms with Crippen LogP contribution in [-0.4, -0.2) is 32.9 Å². The molecule has 0 aliphatic carbocycles. The van der Waals surface area contributed by atoms with Crippen LogP contribution in [0.4, 0.5) is 10.5 Å². The fraction of sp³-hybridized carbons (Fsp3) is 0.227. The SMILES string of the molecule is CCOC(=O)Nc1ccc2c(CSc3nnnn3-c3c(C)cccc3C)cc(=O)oc2c1. The average molecular weight is 452 g/mol. The molecule has 1 amide bonds. The van der Waals surface area contributed by atoms with E-state index in [1.54, 1.807) is 29.8 Å². The Kier molecular flexibility index (Phi) is 6.22. The van der Waals surface area contributed by atoms with Crippen molar-refractivity contribution in [2.45, 2.75) is 31.7 Å². The number of para-hydroxylation sites is 1. The standard InChI is InChI=1S/C22H21N5O4S/c1-4-30-22(29)23-16-8-9-17-15(10-19(28)31-18(17)11-16)12-32-21-24-25-26-27(21)20-13(2)6-5-7-14(20)3/h5-11H,4,12H2,1-3H3,(H,23,29). The summed E-state index contributed by atoms with van der Waals surface area (Å²) in [6.07, 6.45) is -0.570. The zero-order chi connectivity index (χ0) is 22.7. The molecule has 164 valence electrons. The molecule has 1 N–H and O–H groups in total. The van der Waals surface area contributed by atoms with Crippen LogP contribution in [0.2, 0.25) is 0 Å². The molecule has 0 aliphatic rings. The van der Waals surface area contributed by atoms with Gasteiger partial charge in [-0.05, 0) is 60.0 Å². The van der Waals surface area contributed by atoms with Crippen LogP contribution in [0.3, 0.4) is 0 Å². The molecule has 9 nitrogen and oxygen atoms in total. The Hall–Kier alpha value is -3.66. The molecule has 0 bridgehead atoms. The smallest absolute Gasteiger partial charge is 0.411 e. The summed E-state index contributed by atoms with van der Waals surface area (Å²) in [4.78, 5) is 23.8. The number of ether oxygens (including phenoxy) is 1. The molecule has 0 spiro atoms. The number of fused-ring (bicyclic) bond motifs is 1. The predicted octanol–water partition coefficient (Wildman–Crippen LogP) is 4.25. The summed E-state index contributed by atoms with van der Waals surface area (Å²) in [5, 5.41) is 16.1. The number of aryl methyl sites for hydroxylation is 2. The summed E-state index contributed by atoms with van der Waals surface area (Å²) in [5.41, 5.74) is 4.21. The summed E-state index contributed by atoms with van der Waals surface area (Å²) in [5.74, 6) is 0.456. The number of nitrogens with zero attached hydrogens (tertiary/aromatic N) is 4. The van der Waals surface area contributed by atoms with Crippen molar-refractivity contribution in [1.29, 1.82) is 0 Å². The van der Waals surface area contributed by atoms with Crippen LogP contribution in [0.5, 0.6) is 0 Å². The first-order valence-corrected chi connectivity index (χ1v) is 10.9. The van der Waals surface area contributed by atoms with Crippen molar-refractivity contribution in [1.82, 2.24) is 20.2 Å². The molecule has 2 heterocycles. The second kappa shape index (κ2) is 9.23. The van der Waals surface area contributed by atoms with E-state index in [4.69, 9.17) is 9.15 Å². The Morgan fingerprint density at radius 2 is 1.97 bits per heavy atom. The van der Waals surface area contributed by atoms with Crippen LogP contribution in [0.25, 0.3) is 16.7 Å². The van der Waals surface area contributed by atoms with Gasteiger partial charge in [-0.2, -0.15) is 4.68 Å². The summed E-state index contributed by atoms with van der Waals surface area (Å²) in [6, 6.07) is 12.6. The van der Waals surface area contributed by atoms with E-state index < -0.39 is 11.7 Å². The van der Waals surface area contributed by atoms with Crippen LogP contribution >= 0.6 is 11.8 Å². The molecular weight excluding hydrogens is 430 g/mol. The highest BCUT2D eigenvalue weighted by Crippen LogP contribution is 2.29. The van der Waals surface area contributed by atoms with Crippen molar-refractivity contribution < 1.29 is 13.9 Å². The number of nitrogens with one attached hydrogen (secondary N) is 1. The van der Waals surface area contributed by atoms with E-state index in [1.807, 2.05) is 32.0 Å². The minimum atomic E-state index is -0.570. The first-order valence-electron chi connectivity index (χ1n) is 9.94. The Balaban J connectivity index is 1.62. The zero-order valence-electron chi connectivity index (χ0n) is 17.8. The maximum Gasteiger partial charge on any atom is 0.411 e. The largest absolute Gasteiger partial charge is 0.450 e. The Morgan fingerprint density at radius 1 is 1.19 bits per heavy atom. The van der Waals surface area contributed by atoms with E-state index in [-0.39, 0.29) is 6.61 Å². The number of benzene rings is 2. The molecule has 0 atom stereocenters. The van der Waals surface area contributed by atoms with Crippen molar-refractivity contribution in [3.05, 3.63) is 69.6 Å². The third kappa shape index (κ3) is 4.50. The van der Waals surface area contributed by atoms with Gasteiger partial charge < -0.3 is 9.15 Å². The number of carbonyl (C=O) groups is 1. The molecule has 0 aliphatic heterocycles. The van der Waals surface area contributed by atoms with Gasteiger partial charge in [-0.1, -0.05) is 30.0 Å². The number of rotatable bonds is 6. The van der Waals surface area contributed by atoms with Crippen LogP contribution in [-0.2, 0) is 10.5 Å². The Morgan fingerprint density at radius 3 is 2.72 bits per heavy atom. The van der Waals surface area contributed by atoms with Gasteiger partial charge >= 0.3 is 11.7 Å². The van der Waals surface area contributed by atoms with Crippen molar-refractivity contribution in [3.8, 4) is 5.69 Å². The maximum atomic E-state index is 12.1. The van der Waals surface area contributed by atoms with Crippen LogP contribution in [0.1, 0.15) is 23.6 Å². The average Bonchev–Trinajstić information content (AvgIpc) is 3.20. The first-order chi connectivity index (χ1) is 15.5. The lowest BCUT2D eigenvalue weighted by Gasteiger charge is -2.11. The fourth-order valence-electron chi connectivity index (χ4n) is 3.40. The summed E-state index contributed by atoms with van der Waals surface area (Å²) in [6.45, 7) is 6.00. The van der Waals surface area contributed by atoms with Crippen LogP contribution < -0.4 is 10.9 Å². The van der Waals surface area contributed by atoms with Gasteiger partial charge in [0.1, 0.15) is 5.58 Å². The molecule has 0 radical (unpaired) electrons. The molecule has 4 aromatic rings. The lowest BCUT2D eigenvalue weighted by Crippen LogP contribution is -2.13. The minimum absolute atomic E-state index is 0.261. The van der Waals surface area contributed by atoms with Gasteiger partial charge in [-0.25, -0.2) is 9.59 Å². The molecule has 0 unspecified atom stereocenters. The molecule has 0 saturated carbocycles. The third-order valence-electron chi connectivity index (χ3n) is 4.80. The number of carbonyl (C=O) groups excluding carboxylic acids is 1. The Bertz CT molecular complexity index is 1330. The number of anilines is 1. The van der Waals surface area contributed by atoms with E-state index in [2.05, 4.69) is 20.8 Å². The molecule has 2 aromatic carbocycles. The van der Waals surface area contributed by atoms with E-state index in [1.165, 1.54) is 17.8 Å². The van der Waals surface area contributed by atoms with Crippen LogP contribution in [0.15, 0.2) is 56.8 Å². The zero-order valence-corrected chi connectivity index (χ0v) is 18.6. The normalized spacial score (nSPS) is 11.0. The first kappa shape index (κ1) is 21.6. The monoisotopic (exact) mass is 451 g/mol. The molecule has 0 fully saturated rings. The van der Waals surface area contributed by atoms with Crippen molar-refractivity contribution in [3.63, 3.8) is 0 Å². The van der Waals surface area contributed by atoms with Crippen molar-refractivity contribution in [2.24, 2.45) is 0 Å². The Labute approximate surface area is 187 Å². The van der Waals surface area contributed by atoms with Gasteiger partial charge in [0, 0.05) is 29.0 Å². The van der Waals surface area contributed by atoms with Crippen molar-refractivity contribution >= 4 is 34.5 Å². The summed E-state index contributed by atoms with van der Waals surface area (Å²) in [7, 11) is 0. The molecular formula is C22H21N5O4S. The van der Waals surface area contributed by atoms with Gasteiger partial charge in [0.25, 0.3) is 0 Å². The van der Waals surface area contributed by atoms with E-state index in [9.17, 15) is 9.59 Å². The number of amides is 1. The lowest BCUT2D eigenvalue weighted by atomic mass is 10.1. The second-order valence-corrected chi connectivity index (χ2v) is 7.99. The number of hydrogen-bond acceptors (Lipinski definition) is 8. The lowest BCUT2D eigenvalue weighted by molar-refractivity contribution is 0.168. The number of aromatic nitrogens is 4. The fourth-order valence-corrected chi connectivity index (χ4v) is 4.27. The van der Waals surface area contributed by atoms with Gasteiger partial charge in [-0.15, -0.1) is 5.10 Å². The molecule has 32 heavy (non-hydrogen) atoms. The quantitative estimate of drug-likeness (QED) is 0.342. The highest BCUT2D eigenvalue weighted by atomic mass is 32.2. The molecule has 4 rings (SSSR count). The predicted molar refractivity (Wildman–Crippen MR) is 121 cm³/mol. The van der Waals surface area contributed by atoms with Crippen LogP contribution in [0, 0.1) is 13.8 Å². The number of thioether (sulfide) groups is 1. The van der Waals surface area contributed by atoms with Gasteiger partial charge in [0.05, 0.1) is 12.3 Å². The number of tetrazole rings is 1. The van der Waals surface area contributed by atoms with E-state index >= 15 is 0 Å². The van der Waals surface area contributed by atoms with E-state index in [0.717, 1.165) is 27.8 Å². The second-order valence-electron chi connectivity index (χ2n) is 7.05. The third-order valence-corrected chi connectivity index (χ3v) is 5.77. The highest BCUT2D eigenvalue weighted by Gasteiger charge is 2.15. The molecule has 0 saturated heterocycles. The highest BCUT2D eigenvalue weighted by molar-refractivity contribution is 7.98. The van der Waals surface area contributed by atoms with Gasteiger partial charge in [0.15, 0.2) is 0 Å². The molecule has 2 aromatic heterocycles. The summed E-state index contributed by atoms with van der Waals surface area (Å²) < 4.78 is 11.9. The topological polar surface area (TPSA) is 112 Å².